The second kappa shape index (κ2) is 4.73. The van der Waals surface area contributed by atoms with E-state index < -0.39 is 16.0 Å². The summed E-state index contributed by atoms with van der Waals surface area (Å²) in [4.78, 5) is 11.1. The Labute approximate surface area is 109 Å². The van der Waals surface area contributed by atoms with Crippen LogP contribution >= 0.6 is 0 Å². The van der Waals surface area contributed by atoms with E-state index in [-0.39, 0.29) is 16.1 Å². The molecule has 2 aromatic rings. The monoisotopic (exact) mass is 281 g/mol. The number of carboxylic acid groups (broad SMARTS) is 1. The van der Waals surface area contributed by atoms with Gasteiger partial charge in [0, 0.05) is 13.2 Å². The van der Waals surface area contributed by atoms with E-state index in [0.717, 1.165) is 10.5 Å². The molecule has 19 heavy (non-hydrogen) atoms. The Kier molecular flexibility index (Phi) is 3.26. The topological polar surface area (TPSA) is 103 Å². The van der Waals surface area contributed by atoms with Crippen LogP contribution < -0.4 is 4.31 Å². The molecule has 1 heterocycles. The maximum Gasteiger partial charge on any atom is 0.337 e. The van der Waals surface area contributed by atoms with Crippen LogP contribution in [0.3, 0.4) is 0 Å². The highest BCUT2D eigenvalue weighted by atomic mass is 32.2. The Morgan fingerprint density at radius 2 is 2.05 bits per heavy atom. The molecule has 1 aromatic carbocycles. The maximum absolute atomic E-state index is 12.2. The summed E-state index contributed by atoms with van der Waals surface area (Å²) >= 11 is 0. The number of nitrogens with zero attached hydrogens (tertiary/aromatic N) is 2. The average molecular weight is 281 g/mol. The zero-order valence-electron chi connectivity index (χ0n) is 9.94. The standard InChI is InChI=1S/C11H11N3O4S/c1-14(19(17,18)8-6-12-13-7-8)10-5-3-2-4-9(10)11(15)16/h2-7H,1H3,(H,12,13)(H,15,16). The summed E-state index contributed by atoms with van der Waals surface area (Å²) in [7, 11) is -2.53. The van der Waals surface area contributed by atoms with Gasteiger partial charge in [0.05, 0.1) is 17.4 Å². The van der Waals surface area contributed by atoms with Gasteiger partial charge in [0.1, 0.15) is 4.90 Å². The fourth-order valence-corrected chi connectivity index (χ4v) is 2.72. The van der Waals surface area contributed by atoms with Crippen LogP contribution in [0.15, 0.2) is 41.6 Å². The Morgan fingerprint density at radius 3 is 2.63 bits per heavy atom. The van der Waals surface area contributed by atoms with E-state index in [1.165, 1.54) is 31.4 Å². The molecule has 0 aliphatic rings. The quantitative estimate of drug-likeness (QED) is 0.867. The molecule has 7 nitrogen and oxygen atoms in total. The minimum absolute atomic E-state index is 0.0322. The molecule has 0 aliphatic heterocycles. The van der Waals surface area contributed by atoms with Crippen molar-refractivity contribution in [2.24, 2.45) is 0 Å². The van der Waals surface area contributed by atoms with E-state index in [0.29, 0.717) is 0 Å². The number of hydrogen-bond donors (Lipinski definition) is 2. The van der Waals surface area contributed by atoms with E-state index >= 15 is 0 Å². The molecule has 0 unspecified atom stereocenters. The number of sulfonamides is 1. The molecule has 0 radical (unpaired) electrons. The molecule has 0 aliphatic carbocycles. The van der Waals surface area contributed by atoms with Gasteiger partial charge in [0.2, 0.25) is 0 Å². The molecule has 1 aromatic heterocycles. The molecule has 0 saturated carbocycles. The highest BCUT2D eigenvalue weighted by molar-refractivity contribution is 7.92. The van der Waals surface area contributed by atoms with Crippen molar-refractivity contribution in [2.75, 3.05) is 11.4 Å². The highest BCUT2D eigenvalue weighted by Gasteiger charge is 2.25. The van der Waals surface area contributed by atoms with Crippen LogP contribution in [0.25, 0.3) is 0 Å². The van der Waals surface area contributed by atoms with Crippen LogP contribution in [-0.2, 0) is 10.0 Å². The second-order valence-electron chi connectivity index (χ2n) is 3.73. The van der Waals surface area contributed by atoms with Crippen molar-refractivity contribution in [2.45, 2.75) is 4.90 Å². The third-order valence-electron chi connectivity index (χ3n) is 2.61. The Hall–Kier alpha value is -2.35. The first-order chi connectivity index (χ1) is 8.94. The van der Waals surface area contributed by atoms with Crippen molar-refractivity contribution in [1.29, 1.82) is 0 Å². The molecule has 2 N–H and O–H groups in total. The lowest BCUT2D eigenvalue weighted by atomic mass is 10.2. The average Bonchev–Trinajstić information content (AvgIpc) is 2.92. The Morgan fingerprint density at radius 1 is 1.37 bits per heavy atom. The maximum atomic E-state index is 12.2. The van der Waals surface area contributed by atoms with Crippen LogP contribution in [0.4, 0.5) is 5.69 Å². The van der Waals surface area contributed by atoms with Gasteiger partial charge in [-0.15, -0.1) is 0 Å². The lowest BCUT2D eigenvalue weighted by Gasteiger charge is -2.20. The van der Waals surface area contributed by atoms with Crippen LogP contribution in [0, 0.1) is 0 Å². The molecule has 2 rings (SSSR count). The molecule has 0 fully saturated rings. The van der Waals surface area contributed by atoms with E-state index in [1.807, 2.05) is 0 Å². The predicted molar refractivity (Wildman–Crippen MR) is 67.6 cm³/mol. The Balaban J connectivity index is 2.52. The van der Waals surface area contributed by atoms with E-state index in [1.54, 1.807) is 6.07 Å². The highest BCUT2D eigenvalue weighted by Crippen LogP contribution is 2.24. The van der Waals surface area contributed by atoms with Crippen molar-refractivity contribution < 1.29 is 18.3 Å². The number of para-hydroxylation sites is 1. The summed E-state index contributed by atoms with van der Waals surface area (Å²) in [5.74, 6) is -1.19. The van der Waals surface area contributed by atoms with Crippen molar-refractivity contribution in [3.05, 3.63) is 42.2 Å². The van der Waals surface area contributed by atoms with E-state index in [4.69, 9.17) is 5.11 Å². The fraction of sp³-hybridized carbons (Fsp3) is 0.0909. The molecule has 0 spiro atoms. The third kappa shape index (κ3) is 2.29. The summed E-state index contributed by atoms with van der Waals surface area (Å²) in [5, 5.41) is 15.1. The van der Waals surface area contributed by atoms with Crippen LogP contribution in [0.1, 0.15) is 10.4 Å². The van der Waals surface area contributed by atoms with E-state index in [9.17, 15) is 13.2 Å². The number of H-pyrrole nitrogens is 1. The summed E-state index contributed by atoms with van der Waals surface area (Å²) in [6.07, 6.45) is 2.39. The zero-order valence-corrected chi connectivity index (χ0v) is 10.8. The number of rotatable bonds is 4. The number of nitrogens with one attached hydrogen (secondary N) is 1. The number of carboxylic acids is 1. The molecular formula is C11H11N3O4S. The van der Waals surface area contributed by atoms with Crippen LogP contribution in [0.5, 0.6) is 0 Å². The van der Waals surface area contributed by atoms with Gasteiger partial charge in [-0.3, -0.25) is 9.40 Å². The molecule has 8 heteroatoms. The van der Waals surface area contributed by atoms with Gasteiger partial charge < -0.3 is 5.11 Å². The number of aromatic amines is 1. The van der Waals surface area contributed by atoms with Gasteiger partial charge in [-0.05, 0) is 12.1 Å². The number of hydrogen-bond acceptors (Lipinski definition) is 4. The third-order valence-corrected chi connectivity index (χ3v) is 4.34. The van der Waals surface area contributed by atoms with Crippen LogP contribution in [0.2, 0.25) is 0 Å². The first kappa shape index (κ1) is 13.1. The summed E-state index contributed by atoms with van der Waals surface area (Å²) in [6, 6.07) is 5.88. The molecule has 100 valence electrons. The smallest absolute Gasteiger partial charge is 0.337 e. The fourth-order valence-electron chi connectivity index (χ4n) is 1.60. The van der Waals surface area contributed by atoms with Gasteiger partial charge in [0.15, 0.2) is 0 Å². The van der Waals surface area contributed by atoms with Gasteiger partial charge in [-0.2, -0.15) is 5.10 Å². The molecule has 0 amide bonds. The largest absolute Gasteiger partial charge is 0.478 e. The number of anilines is 1. The van der Waals surface area contributed by atoms with Crippen LogP contribution in [-0.4, -0.2) is 36.7 Å². The number of benzene rings is 1. The summed E-state index contributed by atoms with van der Waals surface area (Å²) < 4.78 is 25.4. The SMILES string of the molecule is CN(c1ccccc1C(=O)O)S(=O)(=O)c1cn[nH]c1. The Bertz CT molecular complexity index is 694. The van der Waals surface area contributed by atoms with Crippen molar-refractivity contribution in [3.8, 4) is 0 Å². The van der Waals surface area contributed by atoms with Gasteiger partial charge in [-0.25, -0.2) is 13.2 Å². The second-order valence-corrected chi connectivity index (χ2v) is 5.70. The first-order valence-electron chi connectivity index (χ1n) is 5.24. The minimum atomic E-state index is -3.83. The van der Waals surface area contributed by atoms with Crippen molar-refractivity contribution in [1.82, 2.24) is 10.2 Å². The molecular weight excluding hydrogens is 270 g/mol. The summed E-state index contributed by atoms with van der Waals surface area (Å²) in [6.45, 7) is 0. The summed E-state index contributed by atoms with van der Waals surface area (Å²) in [5.41, 5.74) is 0.00766. The van der Waals surface area contributed by atoms with Gasteiger partial charge in [-0.1, -0.05) is 12.1 Å². The lowest BCUT2D eigenvalue weighted by Crippen LogP contribution is -2.27. The number of carbonyl (C=O) groups is 1. The zero-order chi connectivity index (χ0) is 14.0. The predicted octanol–water partition coefficient (Wildman–Crippen LogP) is 0.933. The molecule has 0 saturated heterocycles. The normalized spacial score (nSPS) is 11.2. The van der Waals surface area contributed by atoms with Gasteiger partial charge in [0.25, 0.3) is 10.0 Å². The lowest BCUT2D eigenvalue weighted by molar-refractivity contribution is 0.0698. The molecule has 0 atom stereocenters. The molecule has 0 bridgehead atoms. The first-order valence-corrected chi connectivity index (χ1v) is 6.68. The van der Waals surface area contributed by atoms with E-state index in [2.05, 4.69) is 10.2 Å². The van der Waals surface area contributed by atoms with Gasteiger partial charge >= 0.3 is 5.97 Å². The van der Waals surface area contributed by atoms with Crippen molar-refractivity contribution >= 4 is 21.7 Å². The number of aromatic nitrogens is 2. The minimum Gasteiger partial charge on any atom is -0.478 e. The van der Waals surface area contributed by atoms with Crippen molar-refractivity contribution in [3.63, 3.8) is 0 Å². The number of aromatic carboxylic acids is 1.